The Morgan fingerprint density at radius 3 is 2.67 bits per heavy atom. The van der Waals surface area contributed by atoms with E-state index < -0.39 is 0 Å². The molecule has 6 heteroatoms. The Labute approximate surface area is 146 Å². The van der Waals surface area contributed by atoms with Crippen LogP contribution in [0.15, 0.2) is 4.99 Å². The molecule has 0 radical (unpaired) electrons. The van der Waals surface area contributed by atoms with Gasteiger partial charge in [0, 0.05) is 46.1 Å². The summed E-state index contributed by atoms with van der Waals surface area (Å²) >= 11 is 0. The lowest BCUT2D eigenvalue weighted by Gasteiger charge is -2.12. The molecule has 2 N–H and O–H groups in total. The first kappa shape index (κ1) is 19.5. The monoisotopic (exact) mass is 341 g/mol. The SMILES string of the molecule is CCNC(=NCCCOCC1CC1)NCCCOCC1CCCO1. The Hall–Kier alpha value is -0.850. The van der Waals surface area contributed by atoms with Gasteiger partial charge in [0.25, 0.3) is 0 Å². The lowest BCUT2D eigenvalue weighted by molar-refractivity contribution is 0.0168. The average Bonchev–Trinajstić information content (AvgIpc) is 3.27. The molecule has 6 nitrogen and oxygen atoms in total. The van der Waals surface area contributed by atoms with Gasteiger partial charge in [-0.1, -0.05) is 0 Å². The highest BCUT2D eigenvalue weighted by Gasteiger charge is 2.20. The van der Waals surface area contributed by atoms with Gasteiger partial charge >= 0.3 is 0 Å². The standard InChI is InChI=1S/C18H35N3O3/c1-2-19-18(20-9-4-11-22-14-16-7-8-16)21-10-5-12-23-15-17-6-3-13-24-17/h16-17H,2-15H2,1H3,(H2,19,20,21). The van der Waals surface area contributed by atoms with Crippen molar-refractivity contribution >= 4 is 5.96 Å². The van der Waals surface area contributed by atoms with Crippen LogP contribution in [0.4, 0.5) is 0 Å². The van der Waals surface area contributed by atoms with Crippen LogP contribution in [-0.2, 0) is 14.2 Å². The molecule has 1 unspecified atom stereocenters. The summed E-state index contributed by atoms with van der Waals surface area (Å²) < 4.78 is 16.8. The third-order valence-corrected chi connectivity index (χ3v) is 4.20. The van der Waals surface area contributed by atoms with Crippen molar-refractivity contribution in [3.63, 3.8) is 0 Å². The molecule has 1 aliphatic carbocycles. The van der Waals surface area contributed by atoms with E-state index in [2.05, 4.69) is 22.5 Å². The average molecular weight is 341 g/mol. The first-order chi connectivity index (χ1) is 11.9. The van der Waals surface area contributed by atoms with Crippen LogP contribution in [0.3, 0.4) is 0 Å². The molecule has 2 aliphatic rings. The number of ether oxygens (including phenoxy) is 3. The van der Waals surface area contributed by atoms with E-state index in [1.54, 1.807) is 0 Å². The van der Waals surface area contributed by atoms with Crippen LogP contribution < -0.4 is 10.6 Å². The predicted molar refractivity (Wildman–Crippen MR) is 96.6 cm³/mol. The summed E-state index contributed by atoms with van der Waals surface area (Å²) in [6, 6.07) is 0. The summed E-state index contributed by atoms with van der Waals surface area (Å²) in [5.74, 6) is 1.73. The molecule has 1 saturated heterocycles. The van der Waals surface area contributed by atoms with Crippen LogP contribution in [0.25, 0.3) is 0 Å². The Bertz CT molecular complexity index is 342. The zero-order chi connectivity index (χ0) is 16.9. The van der Waals surface area contributed by atoms with E-state index >= 15 is 0 Å². The second-order valence-corrected chi connectivity index (χ2v) is 6.62. The molecule has 0 aromatic carbocycles. The number of guanidine groups is 1. The van der Waals surface area contributed by atoms with Crippen molar-refractivity contribution in [2.75, 3.05) is 52.7 Å². The first-order valence-corrected chi connectivity index (χ1v) is 9.67. The van der Waals surface area contributed by atoms with Gasteiger partial charge in [-0.2, -0.15) is 0 Å². The van der Waals surface area contributed by atoms with Crippen molar-refractivity contribution in [1.29, 1.82) is 0 Å². The topological polar surface area (TPSA) is 64.1 Å². The van der Waals surface area contributed by atoms with E-state index in [-0.39, 0.29) is 0 Å². The number of aliphatic imine (C=N–C) groups is 1. The van der Waals surface area contributed by atoms with Gasteiger partial charge in [-0.15, -0.1) is 0 Å². The van der Waals surface area contributed by atoms with E-state index in [0.717, 1.165) is 83.8 Å². The van der Waals surface area contributed by atoms with Crippen molar-refractivity contribution < 1.29 is 14.2 Å². The molecular formula is C18H35N3O3. The highest BCUT2D eigenvalue weighted by molar-refractivity contribution is 5.79. The summed E-state index contributed by atoms with van der Waals surface area (Å²) in [5.41, 5.74) is 0. The van der Waals surface area contributed by atoms with E-state index in [1.165, 1.54) is 19.3 Å². The van der Waals surface area contributed by atoms with Crippen molar-refractivity contribution in [3.8, 4) is 0 Å². The van der Waals surface area contributed by atoms with E-state index in [0.29, 0.717) is 6.10 Å². The number of hydrogen-bond donors (Lipinski definition) is 2. The van der Waals surface area contributed by atoms with Gasteiger partial charge in [0.1, 0.15) is 0 Å². The molecule has 0 amide bonds. The molecule has 0 aromatic heterocycles. The van der Waals surface area contributed by atoms with Crippen molar-refractivity contribution in [1.82, 2.24) is 10.6 Å². The van der Waals surface area contributed by atoms with E-state index in [4.69, 9.17) is 14.2 Å². The summed E-state index contributed by atoms with van der Waals surface area (Å²) in [5, 5.41) is 6.63. The molecule has 2 rings (SSSR count). The zero-order valence-corrected chi connectivity index (χ0v) is 15.2. The highest BCUT2D eigenvalue weighted by atomic mass is 16.5. The Morgan fingerprint density at radius 1 is 1.08 bits per heavy atom. The molecular weight excluding hydrogens is 306 g/mol. The van der Waals surface area contributed by atoms with Crippen LogP contribution in [-0.4, -0.2) is 64.7 Å². The maximum Gasteiger partial charge on any atom is 0.191 e. The molecule has 0 aromatic rings. The Balaban J connectivity index is 1.43. The second kappa shape index (κ2) is 12.5. The largest absolute Gasteiger partial charge is 0.381 e. The normalized spacial score (nSPS) is 21.2. The summed E-state index contributed by atoms with van der Waals surface area (Å²) in [4.78, 5) is 4.58. The molecule has 140 valence electrons. The molecule has 0 bridgehead atoms. The zero-order valence-electron chi connectivity index (χ0n) is 15.2. The number of nitrogens with zero attached hydrogens (tertiary/aromatic N) is 1. The third-order valence-electron chi connectivity index (χ3n) is 4.20. The Morgan fingerprint density at radius 2 is 1.92 bits per heavy atom. The summed E-state index contributed by atoms with van der Waals surface area (Å²) in [6.45, 7) is 8.77. The maximum atomic E-state index is 5.67. The van der Waals surface area contributed by atoms with Gasteiger partial charge in [-0.05, 0) is 51.4 Å². The molecule has 24 heavy (non-hydrogen) atoms. The fourth-order valence-corrected chi connectivity index (χ4v) is 2.61. The fraction of sp³-hybridized carbons (Fsp3) is 0.944. The fourth-order valence-electron chi connectivity index (χ4n) is 2.61. The number of rotatable bonds is 13. The van der Waals surface area contributed by atoms with Crippen LogP contribution in [0, 0.1) is 5.92 Å². The lowest BCUT2D eigenvalue weighted by Crippen LogP contribution is -2.38. The third kappa shape index (κ3) is 9.45. The second-order valence-electron chi connectivity index (χ2n) is 6.62. The van der Waals surface area contributed by atoms with Crippen LogP contribution in [0.5, 0.6) is 0 Å². The highest BCUT2D eigenvalue weighted by Crippen LogP contribution is 2.28. The van der Waals surface area contributed by atoms with Crippen molar-refractivity contribution in [2.24, 2.45) is 10.9 Å². The molecule has 2 fully saturated rings. The molecule has 1 saturated carbocycles. The summed E-state index contributed by atoms with van der Waals surface area (Å²) in [6.07, 6.45) is 7.28. The van der Waals surface area contributed by atoms with Crippen LogP contribution in [0.2, 0.25) is 0 Å². The van der Waals surface area contributed by atoms with E-state index in [9.17, 15) is 0 Å². The van der Waals surface area contributed by atoms with E-state index in [1.807, 2.05) is 0 Å². The molecule has 0 spiro atoms. The van der Waals surface area contributed by atoms with Crippen molar-refractivity contribution in [3.05, 3.63) is 0 Å². The lowest BCUT2D eigenvalue weighted by atomic mass is 10.2. The minimum Gasteiger partial charge on any atom is -0.381 e. The van der Waals surface area contributed by atoms with Gasteiger partial charge < -0.3 is 24.8 Å². The molecule has 1 heterocycles. The molecule has 1 aliphatic heterocycles. The maximum absolute atomic E-state index is 5.67. The van der Waals surface area contributed by atoms with Crippen LogP contribution >= 0.6 is 0 Å². The Kier molecular flexibility index (Phi) is 10.1. The molecule has 1 atom stereocenters. The van der Waals surface area contributed by atoms with Crippen LogP contribution in [0.1, 0.15) is 45.4 Å². The van der Waals surface area contributed by atoms with Crippen molar-refractivity contribution in [2.45, 2.75) is 51.6 Å². The van der Waals surface area contributed by atoms with Gasteiger partial charge in [0.15, 0.2) is 5.96 Å². The smallest absolute Gasteiger partial charge is 0.191 e. The minimum atomic E-state index is 0.318. The van der Waals surface area contributed by atoms with Gasteiger partial charge in [-0.25, -0.2) is 0 Å². The van der Waals surface area contributed by atoms with Gasteiger partial charge in [0.2, 0.25) is 0 Å². The number of hydrogen-bond acceptors (Lipinski definition) is 4. The number of nitrogens with one attached hydrogen (secondary N) is 2. The van der Waals surface area contributed by atoms with Gasteiger partial charge in [0.05, 0.1) is 12.7 Å². The quantitative estimate of drug-likeness (QED) is 0.304. The van der Waals surface area contributed by atoms with Gasteiger partial charge in [-0.3, -0.25) is 4.99 Å². The summed E-state index contributed by atoms with van der Waals surface area (Å²) in [7, 11) is 0. The minimum absolute atomic E-state index is 0.318. The first-order valence-electron chi connectivity index (χ1n) is 9.67. The predicted octanol–water partition coefficient (Wildman–Crippen LogP) is 1.94.